The Morgan fingerprint density at radius 1 is 1.50 bits per heavy atom. The molecule has 1 atom stereocenters. The smallest absolute Gasteiger partial charge is 0.176 e. The number of nitrogen functional groups attached to an aromatic ring is 1. The molecule has 18 heavy (non-hydrogen) atoms. The van der Waals surface area contributed by atoms with Crippen molar-refractivity contribution in [2.75, 3.05) is 10.6 Å². The number of hydrogen-bond acceptors (Lipinski definition) is 5. The molecule has 98 valence electrons. The number of nitrogens with two attached hydrogens (primary N) is 1. The van der Waals surface area contributed by atoms with E-state index in [2.05, 4.69) is 15.3 Å². The van der Waals surface area contributed by atoms with Crippen molar-refractivity contribution in [3.63, 3.8) is 0 Å². The minimum absolute atomic E-state index is 0.276. The van der Waals surface area contributed by atoms with E-state index < -0.39 is 5.72 Å². The zero-order chi connectivity index (χ0) is 13.6. The van der Waals surface area contributed by atoms with Crippen LogP contribution in [0.3, 0.4) is 0 Å². The van der Waals surface area contributed by atoms with Gasteiger partial charge in [-0.1, -0.05) is 0 Å². The summed E-state index contributed by atoms with van der Waals surface area (Å²) in [7, 11) is 0. The first-order valence-corrected chi connectivity index (χ1v) is 6.04. The second-order valence-electron chi connectivity index (χ2n) is 5.34. The molecule has 1 aromatic heterocycles. The predicted octanol–water partition coefficient (Wildman–Crippen LogP) is 0.631. The fraction of sp³-hybridized carbons (Fsp3) is 0.545. The van der Waals surface area contributed by atoms with Crippen LogP contribution in [0.25, 0.3) is 0 Å². The average molecular weight is 267 g/mol. The summed E-state index contributed by atoms with van der Waals surface area (Å²) in [6, 6.07) is 0. The van der Waals surface area contributed by atoms with E-state index >= 15 is 0 Å². The summed E-state index contributed by atoms with van der Waals surface area (Å²) in [6.07, 6.45) is 3.40. The van der Waals surface area contributed by atoms with Gasteiger partial charge in [0.05, 0.1) is 6.20 Å². The molecule has 0 aliphatic carbocycles. The van der Waals surface area contributed by atoms with Crippen LogP contribution in [0.5, 0.6) is 0 Å². The van der Waals surface area contributed by atoms with Crippen LogP contribution in [0, 0.1) is 0 Å². The lowest BCUT2D eigenvalue weighted by atomic mass is 9.90. The number of nitrogens with zero attached hydrogens (tertiary/aromatic N) is 3. The predicted molar refractivity (Wildman–Crippen MR) is 74.0 cm³/mol. The topological polar surface area (TPSA) is 87.3 Å². The Kier molecular flexibility index (Phi) is 2.90. The molecule has 1 unspecified atom stereocenters. The molecule has 0 bridgehead atoms. The summed E-state index contributed by atoms with van der Waals surface area (Å²) in [6.45, 7) is 5.67. The normalized spacial score (nSPS) is 26.9. The Balaban J connectivity index is 2.45. The Hall–Kier alpha value is -1.47. The van der Waals surface area contributed by atoms with Gasteiger partial charge < -0.3 is 16.2 Å². The largest absolute Gasteiger partial charge is 0.382 e. The van der Waals surface area contributed by atoms with Gasteiger partial charge in [-0.05, 0) is 33.0 Å². The highest BCUT2D eigenvalue weighted by Crippen LogP contribution is 2.35. The van der Waals surface area contributed by atoms with E-state index in [0.29, 0.717) is 17.2 Å². The first kappa shape index (κ1) is 13.0. The molecule has 0 spiro atoms. The van der Waals surface area contributed by atoms with Crippen LogP contribution in [0.15, 0.2) is 12.5 Å². The third-order valence-electron chi connectivity index (χ3n) is 2.87. The quantitative estimate of drug-likeness (QED) is 0.643. The van der Waals surface area contributed by atoms with E-state index in [1.807, 2.05) is 13.8 Å². The van der Waals surface area contributed by atoms with E-state index in [1.165, 1.54) is 6.33 Å². The van der Waals surface area contributed by atoms with Crippen molar-refractivity contribution in [2.24, 2.45) is 0 Å². The minimum Gasteiger partial charge on any atom is -0.382 e. The molecule has 0 amide bonds. The summed E-state index contributed by atoms with van der Waals surface area (Å²) >= 11 is 5.31. The second-order valence-corrected chi connectivity index (χ2v) is 5.72. The van der Waals surface area contributed by atoms with Crippen molar-refractivity contribution in [1.29, 1.82) is 0 Å². The van der Waals surface area contributed by atoms with E-state index in [9.17, 15) is 5.11 Å². The summed E-state index contributed by atoms with van der Waals surface area (Å²) in [5.41, 5.74) is 4.91. The fourth-order valence-corrected chi connectivity index (χ4v) is 2.97. The van der Waals surface area contributed by atoms with Crippen molar-refractivity contribution in [2.45, 2.75) is 38.5 Å². The number of nitrogens with one attached hydrogen (secondary N) is 1. The lowest BCUT2D eigenvalue weighted by molar-refractivity contribution is 0.0278. The number of thiocarbonyl (C=S) groups is 1. The van der Waals surface area contributed by atoms with Gasteiger partial charge in [-0.15, -0.1) is 0 Å². The van der Waals surface area contributed by atoms with E-state index in [-0.39, 0.29) is 11.4 Å². The van der Waals surface area contributed by atoms with Gasteiger partial charge in [0.1, 0.15) is 17.7 Å². The van der Waals surface area contributed by atoms with Crippen LogP contribution in [-0.4, -0.2) is 31.5 Å². The summed E-state index contributed by atoms with van der Waals surface area (Å²) in [5, 5.41) is 14.2. The summed E-state index contributed by atoms with van der Waals surface area (Å²) in [4.78, 5) is 9.40. The molecule has 1 aliphatic rings. The maximum Gasteiger partial charge on any atom is 0.176 e. The third-order valence-corrected chi connectivity index (χ3v) is 3.16. The molecule has 0 aromatic carbocycles. The molecular formula is C11H17N5OS. The average Bonchev–Trinajstić information content (AvgIpc) is 2.16. The number of hydrogen-bond donors (Lipinski definition) is 3. The Labute approximate surface area is 111 Å². The van der Waals surface area contributed by atoms with Crippen molar-refractivity contribution in [3.8, 4) is 0 Å². The molecule has 6 nitrogen and oxygen atoms in total. The fourth-order valence-electron chi connectivity index (χ4n) is 2.40. The summed E-state index contributed by atoms with van der Waals surface area (Å²) in [5.74, 6) is 0.286. The molecule has 0 radical (unpaired) electrons. The number of anilines is 2. The van der Waals surface area contributed by atoms with Gasteiger partial charge in [0, 0.05) is 12.0 Å². The van der Waals surface area contributed by atoms with Crippen molar-refractivity contribution in [1.82, 2.24) is 15.3 Å². The van der Waals surface area contributed by atoms with Gasteiger partial charge in [0.25, 0.3) is 0 Å². The van der Waals surface area contributed by atoms with Gasteiger partial charge >= 0.3 is 0 Å². The zero-order valence-corrected chi connectivity index (χ0v) is 11.5. The molecule has 2 rings (SSSR count). The first-order valence-electron chi connectivity index (χ1n) is 5.63. The standard InChI is InChI=1S/C11H17N5OS/c1-10(2)5-11(3,17)16(9(18)15-10)7-4-13-6-14-8(7)12/h4,6,17H,5H2,1-3H3,(H,15,18)(H2,12,13,14). The lowest BCUT2D eigenvalue weighted by Gasteiger charge is -2.49. The van der Waals surface area contributed by atoms with Crippen LogP contribution < -0.4 is 16.0 Å². The lowest BCUT2D eigenvalue weighted by Crippen LogP contribution is -2.67. The van der Waals surface area contributed by atoms with E-state index in [0.717, 1.165) is 0 Å². The molecular weight excluding hydrogens is 250 g/mol. The summed E-state index contributed by atoms with van der Waals surface area (Å²) < 4.78 is 0. The van der Waals surface area contributed by atoms with Gasteiger partial charge in [0.15, 0.2) is 10.9 Å². The maximum atomic E-state index is 10.6. The monoisotopic (exact) mass is 267 g/mol. The van der Waals surface area contributed by atoms with Crippen LogP contribution in [-0.2, 0) is 0 Å². The molecule has 2 heterocycles. The molecule has 1 saturated heterocycles. The van der Waals surface area contributed by atoms with Gasteiger partial charge in [-0.25, -0.2) is 9.97 Å². The van der Waals surface area contributed by atoms with Crippen molar-refractivity contribution < 1.29 is 5.11 Å². The second kappa shape index (κ2) is 4.03. The zero-order valence-electron chi connectivity index (χ0n) is 10.6. The number of aromatic nitrogens is 2. The van der Waals surface area contributed by atoms with E-state index in [4.69, 9.17) is 18.0 Å². The van der Waals surface area contributed by atoms with Crippen LogP contribution in [0.1, 0.15) is 27.2 Å². The molecule has 1 aromatic rings. The minimum atomic E-state index is -1.13. The molecule has 7 heteroatoms. The third kappa shape index (κ3) is 2.23. The highest BCUT2D eigenvalue weighted by atomic mass is 32.1. The van der Waals surface area contributed by atoms with Gasteiger partial charge in [0.2, 0.25) is 0 Å². The SMILES string of the molecule is CC1(C)CC(C)(O)N(c2cncnc2N)C(=S)N1. The Morgan fingerprint density at radius 2 is 2.17 bits per heavy atom. The molecule has 1 fully saturated rings. The molecule has 0 saturated carbocycles. The highest BCUT2D eigenvalue weighted by Gasteiger charge is 2.44. The van der Waals surface area contributed by atoms with Crippen LogP contribution in [0.4, 0.5) is 11.5 Å². The molecule has 1 aliphatic heterocycles. The van der Waals surface area contributed by atoms with Crippen LogP contribution >= 0.6 is 12.2 Å². The molecule has 4 N–H and O–H groups in total. The number of aliphatic hydroxyl groups is 1. The highest BCUT2D eigenvalue weighted by molar-refractivity contribution is 7.80. The Bertz CT molecular complexity index is 488. The van der Waals surface area contributed by atoms with Crippen LogP contribution in [0.2, 0.25) is 0 Å². The van der Waals surface area contributed by atoms with E-state index in [1.54, 1.807) is 18.0 Å². The van der Waals surface area contributed by atoms with Crippen molar-refractivity contribution >= 4 is 28.8 Å². The number of rotatable bonds is 1. The Morgan fingerprint density at radius 3 is 2.72 bits per heavy atom. The maximum absolute atomic E-state index is 10.6. The van der Waals surface area contributed by atoms with Crippen molar-refractivity contribution in [3.05, 3.63) is 12.5 Å². The first-order chi connectivity index (χ1) is 8.23. The van der Waals surface area contributed by atoms with Gasteiger partial charge in [-0.2, -0.15) is 0 Å². The van der Waals surface area contributed by atoms with Gasteiger partial charge in [-0.3, -0.25) is 4.90 Å².